The molecule has 0 saturated heterocycles. The van der Waals surface area contributed by atoms with Crippen molar-refractivity contribution in [3.63, 3.8) is 0 Å². The Morgan fingerprint density at radius 3 is 2.57 bits per heavy atom. The number of para-hydroxylation sites is 1. The molecular weight excluding hydrogens is 382 g/mol. The van der Waals surface area contributed by atoms with Gasteiger partial charge >= 0.3 is 0 Å². The van der Waals surface area contributed by atoms with Crippen molar-refractivity contribution in [1.82, 2.24) is 34.1 Å². The minimum absolute atomic E-state index is 0.210. The van der Waals surface area contributed by atoms with E-state index in [2.05, 4.69) is 29.0 Å². The molecule has 1 aromatic carbocycles. The van der Waals surface area contributed by atoms with Crippen LogP contribution in [0.4, 0.5) is 0 Å². The van der Waals surface area contributed by atoms with Crippen LogP contribution in [0.15, 0.2) is 35.4 Å². The summed E-state index contributed by atoms with van der Waals surface area (Å²) >= 11 is 0. The molecule has 0 saturated carbocycles. The highest BCUT2D eigenvalue weighted by Crippen LogP contribution is 2.29. The van der Waals surface area contributed by atoms with Gasteiger partial charge in [0.15, 0.2) is 5.52 Å². The minimum atomic E-state index is -0.210. The highest BCUT2D eigenvalue weighted by molar-refractivity contribution is 5.80. The van der Waals surface area contributed by atoms with Crippen LogP contribution in [0.5, 0.6) is 5.75 Å². The molecule has 3 aromatic heterocycles. The number of fused-ring (bicyclic) bond motifs is 1. The first-order valence-corrected chi connectivity index (χ1v) is 10.1. The SMILES string of the molecule is CCCOc1ccccc1-c1nc2c(CCC)n(-c3ncnn3C)nc2c(=O)n1C. The molecule has 9 heteroatoms. The Balaban J connectivity index is 1.99. The van der Waals surface area contributed by atoms with E-state index in [1.165, 1.54) is 10.9 Å². The second kappa shape index (κ2) is 8.10. The number of rotatable bonds is 7. The lowest BCUT2D eigenvalue weighted by Crippen LogP contribution is -2.20. The van der Waals surface area contributed by atoms with Crippen LogP contribution in [0.25, 0.3) is 28.4 Å². The number of hydrogen-bond acceptors (Lipinski definition) is 6. The quantitative estimate of drug-likeness (QED) is 0.468. The molecule has 0 unspecified atom stereocenters. The summed E-state index contributed by atoms with van der Waals surface area (Å²) in [5.41, 5.74) is 2.32. The Labute approximate surface area is 174 Å². The molecule has 0 spiro atoms. The summed E-state index contributed by atoms with van der Waals surface area (Å²) in [4.78, 5) is 22.4. The van der Waals surface area contributed by atoms with Crippen molar-refractivity contribution < 1.29 is 4.74 Å². The maximum Gasteiger partial charge on any atom is 0.281 e. The van der Waals surface area contributed by atoms with Crippen molar-refractivity contribution in [3.8, 4) is 23.1 Å². The molecule has 3 heterocycles. The zero-order valence-corrected chi connectivity index (χ0v) is 17.7. The number of benzene rings is 1. The molecule has 0 radical (unpaired) electrons. The van der Waals surface area contributed by atoms with Crippen molar-refractivity contribution in [2.24, 2.45) is 14.1 Å². The van der Waals surface area contributed by atoms with E-state index in [4.69, 9.17) is 9.72 Å². The van der Waals surface area contributed by atoms with Gasteiger partial charge < -0.3 is 4.74 Å². The fraction of sp³-hybridized carbons (Fsp3) is 0.381. The van der Waals surface area contributed by atoms with Gasteiger partial charge in [0.25, 0.3) is 5.56 Å². The van der Waals surface area contributed by atoms with Gasteiger partial charge in [0.2, 0.25) is 5.95 Å². The van der Waals surface area contributed by atoms with E-state index in [0.717, 1.165) is 24.1 Å². The van der Waals surface area contributed by atoms with Gasteiger partial charge in [-0.15, -0.1) is 0 Å². The van der Waals surface area contributed by atoms with Crippen LogP contribution in [0.1, 0.15) is 32.4 Å². The molecule has 4 aromatic rings. The zero-order valence-electron chi connectivity index (χ0n) is 17.7. The minimum Gasteiger partial charge on any atom is -0.493 e. The second-order valence-electron chi connectivity index (χ2n) is 7.13. The normalized spacial score (nSPS) is 11.3. The third kappa shape index (κ3) is 3.26. The van der Waals surface area contributed by atoms with E-state index in [0.29, 0.717) is 41.6 Å². The number of nitrogens with zero attached hydrogens (tertiary/aromatic N) is 7. The Morgan fingerprint density at radius 1 is 1.07 bits per heavy atom. The average molecular weight is 407 g/mol. The van der Waals surface area contributed by atoms with Crippen LogP contribution in [-0.4, -0.2) is 40.7 Å². The highest BCUT2D eigenvalue weighted by Gasteiger charge is 2.22. The summed E-state index contributed by atoms with van der Waals surface area (Å²) in [5.74, 6) is 1.81. The molecule has 4 rings (SSSR count). The van der Waals surface area contributed by atoms with Gasteiger partial charge in [-0.3, -0.25) is 9.36 Å². The fourth-order valence-electron chi connectivity index (χ4n) is 3.48. The molecule has 9 nitrogen and oxygen atoms in total. The van der Waals surface area contributed by atoms with Crippen molar-refractivity contribution in [1.29, 1.82) is 0 Å². The van der Waals surface area contributed by atoms with Gasteiger partial charge in [-0.25, -0.2) is 14.3 Å². The fourth-order valence-corrected chi connectivity index (χ4v) is 3.48. The Kier molecular flexibility index (Phi) is 5.35. The molecule has 0 fully saturated rings. The molecule has 0 bridgehead atoms. The third-order valence-corrected chi connectivity index (χ3v) is 4.95. The maximum absolute atomic E-state index is 13.2. The lowest BCUT2D eigenvalue weighted by molar-refractivity contribution is 0.318. The largest absolute Gasteiger partial charge is 0.493 e. The summed E-state index contributed by atoms with van der Waals surface area (Å²) in [5, 5.41) is 8.70. The number of aryl methyl sites for hydroxylation is 2. The Hall–Kier alpha value is -3.49. The smallest absolute Gasteiger partial charge is 0.281 e. The maximum atomic E-state index is 13.2. The third-order valence-electron chi connectivity index (χ3n) is 4.95. The first-order chi connectivity index (χ1) is 14.6. The van der Waals surface area contributed by atoms with Crippen LogP contribution in [-0.2, 0) is 20.5 Å². The van der Waals surface area contributed by atoms with Crippen molar-refractivity contribution in [2.45, 2.75) is 33.1 Å². The van der Waals surface area contributed by atoms with Crippen LogP contribution in [0.2, 0.25) is 0 Å². The van der Waals surface area contributed by atoms with Gasteiger partial charge in [0.1, 0.15) is 23.4 Å². The Morgan fingerprint density at radius 2 is 1.87 bits per heavy atom. The standard InChI is InChI=1S/C21H25N7O2/c1-5-9-15-17-18(25-28(15)21-22-13-23-27(21)4)20(29)26(3)19(24-17)14-10-7-8-11-16(14)30-12-6-2/h7-8,10-11,13H,5-6,9,12H2,1-4H3. The molecule has 156 valence electrons. The lowest BCUT2D eigenvalue weighted by atomic mass is 10.1. The van der Waals surface area contributed by atoms with Crippen LogP contribution < -0.4 is 10.3 Å². The molecule has 0 aliphatic carbocycles. The van der Waals surface area contributed by atoms with Gasteiger partial charge in [0.05, 0.1) is 17.9 Å². The molecule has 0 amide bonds. The van der Waals surface area contributed by atoms with E-state index >= 15 is 0 Å². The van der Waals surface area contributed by atoms with Crippen LogP contribution in [0.3, 0.4) is 0 Å². The highest BCUT2D eigenvalue weighted by atomic mass is 16.5. The van der Waals surface area contributed by atoms with E-state index in [-0.39, 0.29) is 5.56 Å². The zero-order chi connectivity index (χ0) is 21.3. The lowest BCUT2D eigenvalue weighted by Gasteiger charge is -2.13. The Bertz CT molecular complexity index is 1250. The predicted octanol–water partition coefficient (Wildman–Crippen LogP) is 2.66. The van der Waals surface area contributed by atoms with Gasteiger partial charge in [-0.2, -0.15) is 15.2 Å². The van der Waals surface area contributed by atoms with Crippen LogP contribution in [0, 0.1) is 0 Å². The van der Waals surface area contributed by atoms with E-state index in [1.807, 2.05) is 24.3 Å². The summed E-state index contributed by atoms with van der Waals surface area (Å²) < 4.78 is 10.7. The molecule has 0 aliphatic rings. The topological polar surface area (TPSA) is 92.7 Å². The molecule has 30 heavy (non-hydrogen) atoms. The summed E-state index contributed by atoms with van der Waals surface area (Å²) in [7, 11) is 3.50. The molecular formula is C21H25N7O2. The van der Waals surface area contributed by atoms with E-state index < -0.39 is 0 Å². The summed E-state index contributed by atoms with van der Waals surface area (Å²) in [6.07, 6.45) is 3.94. The summed E-state index contributed by atoms with van der Waals surface area (Å²) in [6, 6.07) is 7.66. The van der Waals surface area contributed by atoms with Crippen molar-refractivity contribution >= 4 is 11.0 Å². The van der Waals surface area contributed by atoms with Crippen molar-refractivity contribution in [2.75, 3.05) is 6.61 Å². The molecule has 0 aliphatic heterocycles. The molecule has 0 atom stereocenters. The van der Waals surface area contributed by atoms with E-state index in [9.17, 15) is 4.79 Å². The van der Waals surface area contributed by atoms with Gasteiger partial charge in [0, 0.05) is 14.1 Å². The van der Waals surface area contributed by atoms with Crippen LogP contribution >= 0.6 is 0 Å². The first-order valence-electron chi connectivity index (χ1n) is 10.1. The number of hydrogen-bond donors (Lipinski definition) is 0. The van der Waals surface area contributed by atoms with Gasteiger partial charge in [-0.1, -0.05) is 32.4 Å². The summed E-state index contributed by atoms with van der Waals surface area (Å²) in [6.45, 7) is 4.73. The second-order valence-corrected chi connectivity index (χ2v) is 7.13. The van der Waals surface area contributed by atoms with E-state index in [1.54, 1.807) is 23.5 Å². The first kappa shape index (κ1) is 19.8. The number of ether oxygens (including phenoxy) is 1. The van der Waals surface area contributed by atoms with Gasteiger partial charge in [-0.05, 0) is 25.0 Å². The predicted molar refractivity (Wildman–Crippen MR) is 114 cm³/mol. The monoisotopic (exact) mass is 407 g/mol. The molecule has 0 N–H and O–H groups in total. The number of aromatic nitrogens is 7. The van der Waals surface area contributed by atoms with Crippen molar-refractivity contribution in [3.05, 3.63) is 46.6 Å². The average Bonchev–Trinajstić information content (AvgIpc) is 3.33.